The third-order valence-electron chi connectivity index (χ3n) is 1.58. The van der Waals surface area contributed by atoms with Gasteiger partial charge in [0.25, 0.3) is 0 Å². The summed E-state index contributed by atoms with van der Waals surface area (Å²) in [6.45, 7) is 1.87. The molecule has 1 rings (SSSR count). The van der Waals surface area contributed by atoms with Gasteiger partial charge in [-0.15, -0.1) is 0 Å². The van der Waals surface area contributed by atoms with Gasteiger partial charge in [-0.05, 0) is 12.5 Å². The SMILES string of the molecule is CC(C#N)C=Cc1ccccc1. The summed E-state index contributed by atoms with van der Waals surface area (Å²) < 4.78 is 0. The number of allylic oxidation sites excluding steroid dienone is 1. The van der Waals surface area contributed by atoms with E-state index in [9.17, 15) is 0 Å². The van der Waals surface area contributed by atoms with Crippen LogP contribution in [0.2, 0.25) is 0 Å². The maximum Gasteiger partial charge on any atom is 0.0694 e. The van der Waals surface area contributed by atoms with Gasteiger partial charge in [0.15, 0.2) is 0 Å². The van der Waals surface area contributed by atoms with E-state index in [1.54, 1.807) is 0 Å². The summed E-state index contributed by atoms with van der Waals surface area (Å²) in [5.41, 5.74) is 1.14. The lowest BCUT2D eigenvalue weighted by Gasteiger charge is -1.92. The Labute approximate surface area is 73.0 Å². The van der Waals surface area contributed by atoms with E-state index in [0.29, 0.717) is 0 Å². The van der Waals surface area contributed by atoms with Crippen LogP contribution >= 0.6 is 0 Å². The molecule has 0 heterocycles. The number of nitriles is 1. The number of benzene rings is 1. The molecule has 0 aliphatic rings. The lowest BCUT2D eigenvalue weighted by Crippen LogP contribution is -1.80. The molecule has 1 aromatic carbocycles. The molecule has 0 radical (unpaired) electrons. The van der Waals surface area contributed by atoms with E-state index in [1.807, 2.05) is 49.4 Å². The minimum absolute atomic E-state index is 0.00907. The molecule has 1 aromatic rings. The lowest BCUT2D eigenvalue weighted by atomic mass is 10.1. The van der Waals surface area contributed by atoms with Crippen molar-refractivity contribution in [3.8, 4) is 6.07 Å². The maximum absolute atomic E-state index is 8.51. The smallest absolute Gasteiger partial charge is 0.0694 e. The molecule has 1 nitrogen and oxygen atoms in total. The Balaban J connectivity index is 2.65. The van der Waals surface area contributed by atoms with Crippen LogP contribution in [-0.2, 0) is 0 Å². The van der Waals surface area contributed by atoms with Gasteiger partial charge in [0.05, 0.1) is 12.0 Å². The Hall–Kier alpha value is -1.55. The van der Waals surface area contributed by atoms with Gasteiger partial charge in [-0.2, -0.15) is 5.26 Å². The predicted molar refractivity (Wildman–Crippen MR) is 50.3 cm³/mol. The second-order valence-corrected chi connectivity index (χ2v) is 2.69. The highest BCUT2D eigenvalue weighted by molar-refractivity contribution is 5.49. The summed E-state index contributed by atoms with van der Waals surface area (Å²) in [6, 6.07) is 12.1. The molecule has 0 aliphatic heterocycles. The van der Waals surface area contributed by atoms with Crippen molar-refractivity contribution in [2.75, 3.05) is 0 Å². The van der Waals surface area contributed by atoms with E-state index in [-0.39, 0.29) is 5.92 Å². The highest BCUT2D eigenvalue weighted by Gasteiger charge is 1.90. The largest absolute Gasteiger partial charge is 0.198 e. The van der Waals surface area contributed by atoms with Gasteiger partial charge in [-0.25, -0.2) is 0 Å². The molecule has 60 valence electrons. The molecule has 0 aliphatic carbocycles. The first kappa shape index (κ1) is 8.55. The average Bonchev–Trinajstić information content (AvgIpc) is 2.16. The van der Waals surface area contributed by atoms with Crippen molar-refractivity contribution in [1.82, 2.24) is 0 Å². The Kier molecular flexibility index (Phi) is 3.10. The third-order valence-corrected chi connectivity index (χ3v) is 1.58. The van der Waals surface area contributed by atoms with Gasteiger partial charge < -0.3 is 0 Å². The van der Waals surface area contributed by atoms with Gasteiger partial charge in [0.2, 0.25) is 0 Å². The van der Waals surface area contributed by atoms with Gasteiger partial charge in [0.1, 0.15) is 0 Å². The van der Waals surface area contributed by atoms with E-state index in [2.05, 4.69) is 6.07 Å². The molecular formula is C11H11N. The maximum atomic E-state index is 8.51. The molecule has 0 N–H and O–H groups in total. The molecule has 0 saturated heterocycles. The van der Waals surface area contributed by atoms with Crippen molar-refractivity contribution in [3.63, 3.8) is 0 Å². The molecule has 0 fully saturated rings. The monoisotopic (exact) mass is 157 g/mol. The molecule has 0 amide bonds. The first-order chi connectivity index (χ1) is 5.83. The first-order valence-electron chi connectivity index (χ1n) is 3.96. The third kappa shape index (κ3) is 2.59. The summed E-state index contributed by atoms with van der Waals surface area (Å²) in [5, 5.41) is 8.51. The van der Waals surface area contributed by atoms with Crippen LogP contribution in [0.1, 0.15) is 12.5 Å². The van der Waals surface area contributed by atoms with Crippen molar-refractivity contribution in [1.29, 1.82) is 5.26 Å². The molecule has 0 aromatic heterocycles. The highest BCUT2D eigenvalue weighted by Crippen LogP contribution is 2.03. The van der Waals surface area contributed by atoms with Gasteiger partial charge >= 0.3 is 0 Å². The van der Waals surface area contributed by atoms with Crippen LogP contribution in [0.3, 0.4) is 0 Å². The number of rotatable bonds is 2. The van der Waals surface area contributed by atoms with Gasteiger partial charge in [-0.3, -0.25) is 0 Å². The Morgan fingerprint density at radius 3 is 2.58 bits per heavy atom. The molecule has 12 heavy (non-hydrogen) atoms. The normalized spacial score (nSPS) is 12.7. The number of nitrogens with zero attached hydrogens (tertiary/aromatic N) is 1. The molecule has 1 unspecified atom stereocenters. The fourth-order valence-electron chi connectivity index (χ4n) is 0.863. The standard InChI is InChI=1S/C11H11N/c1-10(9-12)7-8-11-5-3-2-4-6-11/h2-8,10H,1H3. The second kappa shape index (κ2) is 4.35. The molecular weight excluding hydrogens is 146 g/mol. The van der Waals surface area contributed by atoms with Crippen LogP contribution in [0.5, 0.6) is 0 Å². The van der Waals surface area contributed by atoms with E-state index >= 15 is 0 Å². The second-order valence-electron chi connectivity index (χ2n) is 2.69. The van der Waals surface area contributed by atoms with E-state index in [1.165, 1.54) is 0 Å². The van der Waals surface area contributed by atoms with Crippen LogP contribution in [0.25, 0.3) is 6.08 Å². The number of hydrogen-bond donors (Lipinski definition) is 0. The molecule has 0 bridgehead atoms. The van der Waals surface area contributed by atoms with Gasteiger partial charge in [0, 0.05) is 0 Å². The van der Waals surface area contributed by atoms with Crippen LogP contribution in [-0.4, -0.2) is 0 Å². The number of hydrogen-bond acceptors (Lipinski definition) is 1. The fourth-order valence-corrected chi connectivity index (χ4v) is 0.863. The van der Waals surface area contributed by atoms with Crippen LogP contribution in [0, 0.1) is 17.2 Å². The van der Waals surface area contributed by atoms with Crippen LogP contribution < -0.4 is 0 Å². The zero-order chi connectivity index (χ0) is 8.81. The minimum Gasteiger partial charge on any atom is -0.198 e. The summed E-state index contributed by atoms with van der Waals surface area (Å²) in [7, 11) is 0. The average molecular weight is 157 g/mol. The van der Waals surface area contributed by atoms with Crippen LogP contribution in [0.15, 0.2) is 36.4 Å². The Morgan fingerprint density at radius 2 is 2.00 bits per heavy atom. The zero-order valence-electron chi connectivity index (χ0n) is 7.07. The van der Waals surface area contributed by atoms with E-state index in [4.69, 9.17) is 5.26 Å². The van der Waals surface area contributed by atoms with E-state index < -0.39 is 0 Å². The summed E-state index contributed by atoms with van der Waals surface area (Å²) >= 11 is 0. The summed E-state index contributed by atoms with van der Waals surface area (Å²) in [4.78, 5) is 0. The Morgan fingerprint density at radius 1 is 1.33 bits per heavy atom. The van der Waals surface area contributed by atoms with Crippen LogP contribution in [0.4, 0.5) is 0 Å². The lowest BCUT2D eigenvalue weighted by molar-refractivity contribution is 0.962. The zero-order valence-corrected chi connectivity index (χ0v) is 7.07. The van der Waals surface area contributed by atoms with E-state index in [0.717, 1.165) is 5.56 Å². The Bertz CT molecular complexity index is 293. The fraction of sp³-hybridized carbons (Fsp3) is 0.182. The van der Waals surface area contributed by atoms with Gasteiger partial charge in [-0.1, -0.05) is 42.5 Å². The minimum atomic E-state index is -0.00907. The predicted octanol–water partition coefficient (Wildman–Crippen LogP) is 2.86. The van der Waals surface area contributed by atoms with Crippen molar-refractivity contribution >= 4 is 6.08 Å². The quantitative estimate of drug-likeness (QED) is 0.647. The molecule has 0 saturated carbocycles. The van der Waals surface area contributed by atoms with Crippen molar-refractivity contribution in [2.24, 2.45) is 5.92 Å². The summed E-state index contributed by atoms with van der Waals surface area (Å²) in [6.07, 6.45) is 3.86. The summed E-state index contributed by atoms with van der Waals surface area (Å²) in [5.74, 6) is -0.00907. The van der Waals surface area contributed by atoms with Crippen molar-refractivity contribution in [2.45, 2.75) is 6.92 Å². The highest BCUT2D eigenvalue weighted by atomic mass is 14.2. The van der Waals surface area contributed by atoms with Crippen molar-refractivity contribution in [3.05, 3.63) is 42.0 Å². The molecule has 1 atom stereocenters. The molecule has 1 heteroatoms. The topological polar surface area (TPSA) is 23.8 Å². The first-order valence-corrected chi connectivity index (χ1v) is 3.96. The molecule has 0 spiro atoms. The van der Waals surface area contributed by atoms with Crippen molar-refractivity contribution < 1.29 is 0 Å².